The summed E-state index contributed by atoms with van der Waals surface area (Å²) in [5.74, 6) is 1.49. The Morgan fingerprint density at radius 1 is 1.05 bits per heavy atom. The number of nitrogens with one attached hydrogen (secondary N) is 1. The van der Waals surface area contributed by atoms with Crippen LogP contribution in [0.5, 0.6) is 5.88 Å². The summed E-state index contributed by atoms with van der Waals surface area (Å²) in [6, 6.07) is 8.84. The van der Waals surface area contributed by atoms with Gasteiger partial charge in [0.05, 0.1) is 4.92 Å². The number of anilines is 2. The third kappa shape index (κ3) is 7.49. The molecule has 0 bridgehead atoms. The highest BCUT2D eigenvalue weighted by molar-refractivity contribution is 5.55. The van der Waals surface area contributed by atoms with E-state index in [1.807, 2.05) is 18.2 Å². The second kappa shape index (κ2) is 11.3. The molecule has 38 heavy (non-hydrogen) atoms. The SMILES string of the molecule is CC(C)(C)CN1CCN(c2cccc(O[C@H]3CC[C@H](Nc4ccc([N+](=O)[O-])c(C(F)(F)F)c4)CC3)n2)CC1. The molecule has 1 saturated carbocycles. The Morgan fingerprint density at radius 2 is 1.74 bits per heavy atom. The van der Waals surface area contributed by atoms with Gasteiger partial charge in [0.15, 0.2) is 0 Å². The van der Waals surface area contributed by atoms with Crippen LogP contribution in [0.25, 0.3) is 0 Å². The van der Waals surface area contributed by atoms with Gasteiger partial charge in [-0.1, -0.05) is 26.8 Å². The molecule has 0 amide bonds. The van der Waals surface area contributed by atoms with Gasteiger partial charge < -0.3 is 15.0 Å². The van der Waals surface area contributed by atoms with Gasteiger partial charge in [-0.15, -0.1) is 0 Å². The van der Waals surface area contributed by atoms with E-state index in [-0.39, 0.29) is 23.2 Å². The first-order valence-electron chi connectivity index (χ1n) is 13.1. The van der Waals surface area contributed by atoms with Gasteiger partial charge in [-0.3, -0.25) is 15.0 Å². The number of halogens is 3. The van der Waals surface area contributed by atoms with Crippen molar-refractivity contribution in [3.63, 3.8) is 0 Å². The largest absolute Gasteiger partial charge is 0.474 e. The number of ether oxygens (including phenoxy) is 1. The Morgan fingerprint density at radius 3 is 2.34 bits per heavy atom. The van der Waals surface area contributed by atoms with Gasteiger partial charge in [0.2, 0.25) is 5.88 Å². The summed E-state index contributed by atoms with van der Waals surface area (Å²) in [7, 11) is 0. The standard InChI is InChI=1S/C27H36F3N5O3/c1-26(2,3)18-33-13-15-34(16-14-33)24-5-4-6-25(32-24)38-21-10-7-19(8-11-21)31-20-9-12-23(35(36)37)22(17-20)27(28,29)30/h4-6,9,12,17,19,21,31H,7-8,10-11,13-16,18H2,1-3H3/t19-,21-. The van der Waals surface area contributed by atoms with E-state index in [0.717, 1.165) is 63.5 Å². The number of hydrogen-bond donors (Lipinski definition) is 1. The fourth-order valence-corrected chi connectivity index (χ4v) is 5.20. The molecule has 8 nitrogen and oxygen atoms in total. The predicted octanol–water partition coefficient (Wildman–Crippen LogP) is 5.98. The lowest BCUT2D eigenvalue weighted by Crippen LogP contribution is -2.49. The van der Waals surface area contributed by atoms with Crippen LogP contribution in [0.2, 0.25) is 0 Å². The van der Waals surface area contributed by atoms with Gasteiger partial charge in [-0.05, 0) is 49.3 Å². The highest BCUT2D eigenvalue weighted by atomic mass is 19.4. The van der Waals surface area contributed by atoms with Crippen molar-refractivity contribution in [1.29, 1.82) is 0 Å². The van der Waals surface area contributed by atoms with Gasteiger partial charge in [-0.2, -0.15) is 18.2 Å². The molecule has 2 aliphatic rings. The van der Waals surface area contributed by atoms with Crippen LogP contribution in [0, 0.1) is 15.5 Å². The minimum Gasteiger partial charge on any atom is -0.474 e. The first-order chi connectivity index (χ1) is 17.9. The van der Waals surface area contributed by atoms with E-state index >= 15 is 0 Å². The number of aromatic nitrogens is 1. The molecular weight excluding hydrogens is 499 g/mol. The number of hydrogen-bond acceptors (Lipinski definition) is 7. The van der Waals surface area contributed by atoms with E-state index in [2.05, 4.69) is 35.9 Å². The van der Waals surface area contributed by atoms with Gasteiger partial charge in [0.1, 0.15) is 17.5 Å². The third-order valence-electron chi connectivity index (χ3n) is 6.93. The van der Waals surface area contributed by atoms with Crippen LogP contribution in [0.1, 0.15) is 52.0 Å². The predicted molar refractivity (Wildman–Crippen MR) is 141 cm³/mol. The first-order valence-corrected chi connectivity index (χ1v) is 13.1. The highest BCUT2D eigenvalue weighted by Crippen LogP contribution is 2.38. The molecule has 2 heterocycles. The smallest absolute Gasteiger partial charge is 0.423 e. The number of benzene rings is 1. The lowest BCUT2D eigenvalue weighted by atomic mass is 9.92. The van der Waals surface area contributed by atoms with Crippen LogP contribution in [0.4, 0.5) is 30.4 Å². The van der Waals surface area contributed by atoms with E-state index in [1.54, 1.807) is 0 Å². The van der Waals surface area contributed by atoms with E-state index in [1.165, 1.54) is 6.07 Å². The molecule has 1 aromatic heterocycles. The van der Waals surface area contributed by atoms with Crippen molar-refractivity contribution in [2.75, 3.05) is 42.9 Å². The van der Waals surface area contributed by atoms with Crippen molar-refractivity contribution in [1.82, 2.24) is 9.88 Å². The van der Waals surface area contributed by atoms with Crippen LogP contribution >= 0.6 is 0 Å². The molecule has 1 N–H and O–H groups in total. The molecule has 11 heteroatoms. The molecule has 1 aromatic carbocycles. The summed E-state index contributed by atoms with van der Waals surface area (Å²) in [6.07, 6.45) is -1.95. The minimum atomic E-state index is -4.80. The Labute approximate surface area is 221 Å². The number of nitrogens with zero attached hydrogens (tertiary/aromatic N) is 4. The summed E-state index contributed by atoms with van der Waals surface area (Å²) in [5.41, 5.74) is -1.69. The maximum absolute atomic E-state index is 13.3. The number of nitro benzene ring substituents is 1. The Bertz CT molecular complexity index is 1110. The molecular formula is C27H36F3N5O3. The van der Waals surface area contributed by atoms with Crippen molar-refractivity contribution in [3.05, 3.63) is 52.1 Å². The zero-order valence-electron chi connectivity index (χ0n) is 22.1. The van der Waals surface area contributed by atoms with Gasteiger partial charge in [0, 0.05) is 56.6 Å². The molecule has 0 spiro atoms. The number of nitro groups is 1. The van der Waals surface area contributed by atoms with Crippen molar-refractivity contribution in [2.24, 2.45) is 5.41 Å². The van der Waals surface area contributed by atoms with Gasteiger partial charge in [0.25, 0.3) is 5.69 Å². The summed E-state index contributed by atoms with van der Waals surface area (Å²) in [4.78, 5) is 19.5. The lowest BCUT2D eigenvalue weighted by Gasteiger charge is -2.38. The number of alkyl halides is 3. The molecule has 2 fully saturated rings. The Balaban J connectivity index is 1.28. The van der Waals surface area contributed by atoms with Crippen LogP contribution in [0.15, 0.2) is 36.4 Å². The molecule has 0 atom stereocenters. The lowest BCUT2D eigenvalue weighted by molar-refractivity contribution is -0.388. The zero-order valence-corrected chi connectivity index (χ0v) is 22.1. The molecule has 0 unspecified atom stereocenters. The fraction of sp³-hybridized carbons (Fsp3) is 0.593. The topological polar surface area (TPSA) is 83.8 Å². The average Bonchev–Trinajstić information content (AvgIpc) is 2.84. The molecule has 1 saturated heterocycles. The normalized spacial score (nSPS) is 21.3. The summed E-state index contributed by atoms with van der Waals surface area (Å²) >= 11 is 0. The summed E-state index contributed by atoms with van der Waals surface area (Å²) in [6.45, 7) is 11.7. The fourth-order valence-electron chi connectivity index (χ4n) is 5.20. The second-order valence-corrected chi connectivity index (χ2v) is 11.4. The van der Waals surface area contributed by atoms with Crippen LogP contribution < -0.4 is 15.0 Å². The minimum absolute atomic E-state index is 0.0259. The molecule has 1 aliphatic heterocycles. The van der Waals surface area contributed by atoms with Crippen LogP contribution in [-0.4, -0.2) is 59.7 Å². The van der Waals surface area contributed by atoms with E-state index in [9.17, 15) is 23.3 Å². The monoisotopic (exact) mass is 535 g/mol. The molecule has 1 aliphatic carbocycles. The molecule has 208 valence electrons. The van der Waals surface area contributed by atoms with Crippen LogP contribution in [-0.2, 0) is 6.18 Å². The van der Waals surface area contributed by atoms with Crippen molar-refractivity contribution in [3.8, 4) is 5.88 Å². The maximum atomic E-state index is 13.3. The number of piperazine rings is 1. The maximum Gasteiger partial charge on any atom is 0.423 e. The van der Waals surface area contributed by atoms with Gasteiger partial charge in [-0.25, -0.2) is 0 Å². The molecule has 2 aromatic rings. The number of pyridine rings is 1. The van der Waals surface area contributed by atoms with Gasteiger partial charge >= 0.3 is 6.18 Å². The highest BCUT2D eigenvalue weighted by Gasteiger charge is 2.38. The number of rotatable bonds is 7. The second-order valence-electron chi connectivity index (χ2n) is 11.4. The van der Waals surface area contributed by atoms with Crippen LogP contribution in [0.3, 0.4) is 0 Å². The van der Waals surface area contributed by atoms with Crippen molar-refractivity contribution in [2.45, 2.75) is 64.8 Å². The summed E-state index contributed by atoms with van der Waals surface area (Å²) < 4.78 is 46.0. The zero-order chi connectivity index (χ0) is 27.5. The van der Waals surface area contributed by atoms with E-state index < -0.39 is 22.4 Å². The molecule has 0 radical (unpaired) electrons. The van der Waals surface area contributed by atoms with Crippen molar-refractivity contribution < 1.29 is 22.8 Å². The summed E-state index contributed by atoms with van der Waals surface area (Å²) in [5, 5.41) is 14.1. The quantitative estimate of drug-likeness (QED) is 0.345. The van der Waals surface area contributed by atoms with E-state index in [4.69, 9.17) is 9.72 Å². The van der Waals surface area contributed by atoms with E-state index in [0.29, 0.717) is 18.7 Å². The first kappa shape index (κ1) is 27.9. The Kier molecular flexibility index (Phi) is 8.34. The average molecular weight is 536 g/mol. The van der Waals surface area contributed by atoms with Crippen molar-refractivity contribution >= 4 is 17.2 Å². The Hall–Kier alpha value is -3.08. The third-order valence-corrected chi connectivity index (χ3v) is 6.93. The molecule has 4 rings (SSSR count).